The number of sulfonamides is 1. The van der Waals surface area contributed by atoms with Crippen molar-refractivity contribution in [1.29, 1.82) is 0 Å². The summed E-state index contributed by atoms with van der Waals surface area (Å²) in [5.74, 6) is -1.61. The van der Waals surface area contributed by atoms with Gasteiger partial charge >= 0.3 is 0 Å². The molecule has 1 aliphatic rings. The number of hydrogen-bond donors (Lipinski definition) is 1. The maximum atomic E-state index is 14.3. The van der Waals surface area contributed by atoms with Gasteiger partial charge in [-0.05, 0) is 55.7 Å². The van der Waals surface area contributed by atoms with Gasteiger partial charge in [-0.2, -0.15) is 4.31 Å². The Morgan fingerprint density at radius 2 is 1.90 bits per heavy atom. The number of nitrogens with zero attached hydrogens (tertiary/aromatic N) is 3. The first-order valence-corrected chi connectivity index (χ1v) is 10.9. The van der Waals surface area contributed by atoms with Crippen LogP contribution in [0.5, 0.6) is 0 Å². The number of halogens is 1. The molecule has 1 fully saturated rings. The van der Waals surface area contributed by atoms with E-state index in [0.717, 1.165) is 22.6 Å². The molecule has 2 amide bonds. The number of carbonyl (C=O) groups excluding carboxylic acids is 2. The third-order valence-corrected chi connectivity index (χ3v) is 6.69. The zero-order valence-corrected chi connectivity index (χ0v) is 17.6. The molecule has 1 aromatic heterocycles. The van der Waals surface area contributed by atoms with Crippen molar-refractivity contribution >= 4 is 27.7 Å². The molecule has 10 heteroatoms. The molecule has 2 heterocycles. The number of pyridine rings is 1. The van der Waals surface area contributed by atoms with Crippen LogP contribution in [0.15, 0.2) is 41.4 Å². The Hall–Kier alpha value is -2.85. The molecule has 1 aliphatic heterocycles. The SMILES string of the molecule is Cc1ccnc(NC(=O)CN(C)C(=O)c2ccc(F)c(S(=O)(=O)N3CCCC3)c2)c1. The summed E-state index contributed by atoms with van der Waals surface area (Å²) in [6.45, 7) is 2.23. The van der Waals surface area contributed by atoms with Crippen molar-refractivity contribution in [1.82, 2.24) is 14.2 Å². The van der Waals surface area contributed by atoms with E-state index in [9.17, 15) is 22.4 Å². The van der Waals surface area contributed by atoms with Crippen molar-refractivity contribution < 1.29 is 22.4 Å². The highest BCUT2D eigenvalue weighted by Crippen LogP contribution is 2.24. The molecule has 0 spiro atoms. The maximum Gasteiger partial charge on any atom is 0.254 e. The average Bonchev–Trinajstić information content (AvgIpc) is 3.23. The summed E-state index contributed by atoms with van der Waals surface area (Å²) in [5, 5.41) is 2.60. The van der Waals surface area contributed by atoms with Gasteiger partial charge in [-0.1, -0.05) is 0 Å². The van der Waals surface area contributed by atoms with Crippen LogP contribution in [0.4, 0.5) is 10.2 Å². The Bertz CT molecular complexity index is 1070. The smallest absolute Gasteiger partial charge is 0.254 e. The Balaban J connectivity index is 1.73. The lowest BCUT2D eigenvalue weighted by Gasteiger charge is -2.19. The summed E-state index contributed by atoms with van der Waals surface area (Å²) >= 11 is 0. The van der Waals surface area contributed by atoms with Gasteiger partial charge in [0.25, 0.3) is 5.91 Å². The summed E-state index contributed by atoms with van der Waals surface area (Å²) in [6.07, 6.45) is 2.99. The van der Waals surface area contributed by atoms with Crippen LogP contribution in [-0.2, 0) is 14.8 Å². The zero-order valence-electron chi connectivity index (χ0n) is 16.8. The fourth-order valence-electron chi connectivity index (χ4n) is 3.20. The number of aromatic nitrogens is 1. The topological polar surface area (TPSA) is 99.7 Å². The highest BCUT2D eigenvalue weighted by atomic mass is 32.2. The van der Waals surface area contributed by atoms with Crippen LogP contribution in [0, 0.1) is 12.7 Å². The van der Waals surface area contributed by atoms with Crippen LogP contribution >= 0.6 is 0 Å². The molecule has 30 heavy (non-hydrogen) atoms. The third kappa shape index (κ3) is 4.82. The molecule has 0 atom stereocenters. The normalized spacial score (nSPS) is 14.5. The van der Waals surface area contributed by atoms with E-state index >= 15 is 0 Å². The second kappa shape index (κ2) is 8.88. The Kier molecular flexibility index (Phi) is 6.47. The van der Waals surface area contributed by atoms with Gasteiger partial charge in [0.05, 0.1) is 6.54 Å². The molecule has 0 radical (unpaired) electrons. The Labute approximate surface area is 174 Å². The Morgan fingerprint density at radius 1 is 1.20 bits per heavy atom. The van der Waals surface area contributed by atoms with Gasteiger partial charge in [-0.25, -0.2) is 17.8 Å². The van der Waals surface area contributed by atoms with Crippen molar-refractivity contribution in [3.63, 3.8) is 0 Å². The van der Waals surface area contributed by atoms with Gasteiger partial charge in [0, 0.05) is 31.9 Å². The van der Waals surface area contributed by atoms with E-state index in [1.54, 1.807) is 18.3 Å². The molecule has 3 rings (SSSR count). The minimum atomic E-state index is -4.02. The van der Waals surface area contributed by atoms with Gasteiger partial charge < -0.3 is 10.2 Å². The van der Waals surface area contributed by atoms with Crippen LogP contribution in [0.25, 0.3) is 0 Å². The predicted octanol–water partition coefficient (Wildman–Crippen LogP) is 2.02. The predicted molar refractivity (Wildman–Crippen MR) is 109 cm³/mol. The number of benzene rings is 1. The van der Waals surface area contributed by atoms with Crippen LogP contribution in [0.1, 0.15) is 28.8 Å². The fourth-order valence-corrected chi connectivity index (χ4v) is 4.80. The molecule has 0 unspecified atom stereocenters. The molecule has 1 aromatic carbocycles. The summed E-state index contributed by atoms with van der Waals surface area (Å²) in [7, 11) is -2.61. The number of nitrogens with one attached hydrogen (secondary N) is 1. The first kappa shape index (κ1) is 21.8. The summed E-state index contributed by atoms with van der Waals surface area (Å²) in [6, 6.07) is 6.67. The monoisotopic (exact) mass is 434 g/mol. The number of rotatable bonds is 6. The van der Waals surface area contributed by atoms with E-state index in [0.29, 0.717) is 31.7 Å². The highest BCUT2D eigenvalue weighted by Gasteiger charge is 2.30. The maximum absolute atomic E-state index is 14.3. The lowest BCUT2D eigenvalue weighted by Crippen LogP contribution is -2.35. The molecule has 0 aliphatic carbocycles. The largest absolute Gasteiger partial charge is 0.332 e. The molecule has 2 aromatic rings. The number of amides is 2. The molecule has 0 saturated carbocycles. The molecular weight excluding hydrogens is 411 g/mol. The van der Waals surface area contributed by atoms with Crippen LogP contribution in [0.2, 0.25) is 0 Å². The lowest BCUT2D eigenvalue weighted by molar-refractivity contribution is -0.116. The first-order valence-electron chi connectivity index (χ1n) is 9.46. The van der Waals surface area contributed by atoms with Gasteiger partial charge in [0.2, 0.25) is 15.9 Å². The minimum absolute atomic E-state index is 0.0156. The molecule has 1 saturated heterocycles. The third-order valence-electron chi connectivity index (χ3n) is 4.77. The first-order chi connectivity index (χ1) is 14.2. The van der Waals surface area contributed by atoms with E-state index in [1.165, 1.54) is 17.4 Å². The second-order valence-corrected chi connectivity index (χ2v) is 9.09. The summed E-state index contributed by atoms with van der Waals surface area (Å²) < 4.78 is 40.9. The second-order valence-electron chi connectivity index (χ2n) is 7.18. The number of hydrogen-bond acceptors (Lipinski definition) is 5. The Morgan fingerprint density at radius 3 is 2.57 bits per heavy atom. The van der Waals surface area contributed by atoms with Crippen molar-refractivity contribution in [2.45, 2.75) is 24.7 Å². The van der Waals surface area contributed by atoms with Crippen molar-refractivity contribution in [2.75, 3.05) is 32.0 Å². The van der Waals surface area contributed by atoms with E-state index in [-0.39, 0.29) is 12.1 Å². The number of anilines is 1. The molecule has 8 nitrogen and oxygen atoms in total. The highest BCUT2D eigenvalue weighted by molar-refractivity contribution is 7.89. The van der Waals surface area contributed by atoms with Gasteiger partial charge in [0.15, 0.2) is 0 Å². The average molecular weight is 434 g/mol. The number of aryl methyl sites for hydroxylation is 1. The fraction of sp³-hybridized carbons (Fsp3) is 0.350. The molecular formula is C20H23FN4O4S. The van der Waals surface area contributed by atoms with Crippen LogP contribution < -0.4 is 5.32 Å². The zero-order chi connectivity index (χ0) is 21.9. The van der Waals surface area contributed by atoms with Crippen molar-refractivity contribution in [3.05, 3.63) is 53.5 Å². The van der Waals surface area contributed by atoms with Crippen LogP contribution in [0.3, 0.4) is 0 Å². The lowest BCUT2D eigenvalue weighted by atomic mass is 10.2. The minimum Gasteiger partial charge on any atom is -0.332 e. The quantitative estimate of drug-likeness (QED) is 0.750. The van der Waals surface area contributed by atoms with Crippen molar-refractivity contribution in [3.8, 4) is 0 Å². The van der Waals surface area contributed by atoms with E-state index in [2.05, 4.69) is 10.3 Å². The van der Waals surface area contributed by atoms with Gasteiger partial charge in [-0.15, -0.1) is 0 Å². The van der Waals surface area contributed by atoms with E-state index in [1.807, 2.05) is 6.92 Å². The van der Waals surface area contributed by atoms with E-state index in [4.69, 9.17) is 0 Å². The standard InChI is InChI=1S/C20H23FN4O4S/c1-14-7-8-22-18(11-14)23-19(26)13-24(2)20(27)15-5-6-16(21)17(12-15)30(28,29)25-9-3-4-10-25/h5-8,11-12H,3-4,9-10,13H2,1-2H3,(H,22,23,26). The van der Waals surface area contributed by atoms with E-state index < -0.39 is 32.6 Å². The molecule has 0 bridgehead atoms. The number of carbonyl (C=O) groups is 2. The molecule has 1 N–H and O–H groups in total. The number of likely N-dealkylation sites (N-methyl/N-ethyl adjacent to an activating group) is 1. The summed E-state index contributed by atoms with van der Waals surface area (Å²) in [5.41, 5.74) is 0.904. The van der Waals surface area contributed by atoms with Gasteiger partial charge in [-0.3, -0.25) is 9.59 Å². The summed E-state index contributed by atoms with van der Waals surface area (Å²) in [4.78, 5) is 29.5. The molecule has 160 valence electrons. The van der Waals surface area contributed by atoms with Crippen molar-refractivity contribution in [2.24, 2.45) is 0 Å². The van der Waals surface area contributed by atoms with Crippen LogP contribution in [-0.4, -0.2) is 61.1 Å². The van der Waals surface area contributed by atoms with Gasteiger partial charge in [0.1, 0.15) is 16.5 Å².